The van der Waals surface area contributed by atoms with Crippen LogP contribution >= 0.6 is 11.3 Å². The van der Waals surface area contributed by atoms with Crippen LogP contribution in [0.5, 0.6) is 0 Å². The Balaban J connectivity index is 1.26. The van der Waals surface area contributed by atoms with Gasteiger partial charge in [-0.15, -0.1) is 11.3 Å². The summed E-state index contributed by atoms with van der Waals surface area (Å²) in [5.74, 6) is 0.162. The Kier molecular flexibility index (Phi) is 5.78. The van der Waals surface area contributed by atoms with Gasteiger partial charge in [-0.25, -0.2) is 8.42 Å². The lowest BCUT2D eigenvalue weighted by Gasteiger charge is -2.38. The number of nitro benzene ring substituents is 1. The molecule has 3 aromatic rings. The molecule has 4 heterocycles. The van der Waals surface area contributed by atoms with Crippen molar-refractivity contribution in [2.24, 2.45) is 5.41 Å². The predicted molar refractivity (Wildman–Crippen MR) is 126 cm³/mol. The van der Waals surface area contributed by atoms with Crippen molar-refractivity contribution in [3.63, 3.8) is 0 Å². The fraction of sp³-hybridized carbons (Fsp3) is 0.348. The summed E-state index contributed by atoms with van der Waals surface area (Å²) in [4.78, 5) is 25.7. The molecule has 1 spiro atoms. The van der Waals surface area contributed by atoms with E-state index in [2.05, 4.69) is 0 Å². The number of hydrogen-bond acceptors (Lipinski definition) is 7. The van der Waals surface area contributed by atoms with Crippen molar-refractivity contribution in [3.05, 3.63) is 69.8 Å². The molecule has 0 saturated carbocycles. The van der Waals surface area contributed by atoms with Gasteiger partial charge >= 0.3 is 0 Å². The van der Waals surface area contributed by atoms with Gasteiger partial charge in [-0.2, -0.15) is 4.31 Å². The third kappa shape index (κ3) is 4.04. The molecule has 5 rings (SSSR count). The average Bonchev–Trinajstić information content (AvgIpc) is 3.60. The van der Waals surface area contributed by atoms with E-state index in [-0.39, 0.29) is 28.5 Å². The van der Waals surface area contributed by atoms with Gasteiger partial charge in [-0.3, -0.25) is 14.9 Å². The molecule has 0 radical (unpaired) electrons. The average molecular weight is 502 g/mol. The van der Waals surface area contributed by atoms with E-state index in [0.29, 0.717) is 48.8 Å². The lowest BCUT2D eigenvalue weighted by atomic mass is 9.78. The van der Waals surface area contributed by atoms with E-state index < -0.39 is 14.9 Å². The summed E-state index contributed by atoms with van der Waals surface area (Å²) in [6.07, 6.45) is 2.20. The second-order valence-corrected chi connectivity index (χ2v) is 11.9. The maximum Gasteiger partial charge on any atom is 0.289 e. The first-order valence-corrected chi connectivity index (χ1v) is 13.3. The first kappa shape index (κ1) is 22.8. The summed E-state index contributed by atoms with van der Waals surface area (Å²) in [7, 11) is -3.46. The van der Waals surface area contributed by atoms with E-state index in [9.17, 15) is 23.3 Å². The van der Waals surface area contributed by atoms with Gasteiger partial charge in [0.1, 0.15) is 9.97 Å². The van der Waals surface area contributed by atoms with E-state index >= 15 is 0 Å². The smallest absolute Gasteiger partial charge is 0.289 e. The number of hydrogen-bond donors (Lipinski definition) is 0. The SMILES string of the molecule is O=C(c1ccc(-c2ccccc2[N+](=O)[O-])o1)N1CCC2(CCN(S(=O)(=O)c3cccs3)CC2)C1. The second kappa shape index (κ2) is 8.64. The van der Waals surface area contributed by atoms with Gasteiger partial charge in [0.05, 0.1) is 10.5 Å². The van der Waals surface area contributed by atoms with Gasteiger partial charge < -0.3 is 9.32 Å². The Morgan fingerprint density at radius 2 is 1.76 bits per heavy atom. The van der Waals surface area contributed by atoms with Crippen LogP contribution in [0.15, 0.2) is 62.5 Å². The molecule has 34 heavy (non-hydrogen) atoms. The molecule has 0 unspecified atom stereocenters. The molecule has 1 aromatic carbocycles. The van der Waals surface area contributed by atoms with Gasteiger partial charge in [0, 0.05) is 32.2 Å². The minimum Gasteiger partial charge on any atom is -0.451 e. The molecule has 2 aliphatic heterocycles. The monoisotopic (exact) mass is 501 g/mol. The van der Waals surface area contributed by atoms with Gasteiger partial charge in [-0.1, -0.05) is 18.2 Å². The molecule has 0 atom stereocenters. The van der Waals surface area contributed by atoms with Gasteiger partial charge in [0.2, 0.25) is 0 Å². The van der Waals surface area contributed by atoms with E-state index in [0.717, 1.165) is 6.42 Å². The number of amides is 1. The topological polar surface area (TPSA) is 114 Å². The fourth-order valence-corrected chi connectivity index (χ4v) is 7.44. The Labute approximate surface area is 200 Å². The molecule has 0 N–H and O–H groups in total. The van der Waals surface area contributed by atoms with Crippen LogP contribution in [-0.4, -0.2) is 54.6 Å². The summed E-state index contributed by atoms with van der Waals surface area (Å²) in [6, 6.07) is 12.7. The van der Waals surface area contributed by atoms with Crippen LogP contribution in [0, 0.1) is 15.5 Å². The third-order valence-corrected chi connectivity index (χ3v) is 10.1. The first-order chi connectivity index (χ1) is 16.3. The summed E-state index contributed by atoms with van der Waals surface area (Å²) < 4.78 is 33.3. The van der Waals surface area contributed by atoms with Gasteiger partial charge in [-0.05, 0) is 54.3 Å². The zero-order chi connectivity index (χ0) is 23.9. The number of rotatable bonds is 5. The van der Waals surface area contributed by atoms with Crippen LogP contribution in [0.2, 0.25) is 0 Å². The quantitative estimate of drug-likeness (QED) is 0.382. The largest absolute Gasteiger partial charge is 0.451 e. The maximum absolute atomic E-state index is 13.1. The van der Waals surface area contributed by atoms with Crippen LogP contribution in [0.3, 0.4) is 0 Å². The van der Waals surface area contributed by atoms with Gasteiger partial charge in [0.15, 0.2) is 5.76 Å². The molecule has 178 valence electrons. The van der Waals surface area contributed by atoms with Crippen LogP contribution < -0.4 is 0 Å². The van der Waals surface area contributed by atoms with Crippen LogP contribution in [0.25, 0.3) is 11.3 Å². The Hall–Kier alpha value is -3.02. The van der Waals surface area contributed by atoms with Crippen molar-refractivity contribution < 1.29 is 22.6 Å². The highest BCUT2D eigenvalue weighted by atomic mass is 32.2. The molecule has 0 bridgehead atoms. The maximum atomic E-state index is 13.1. The Morgan fingerprint density at radius 3 is 2.47 bits per heavy atom. The fourth-order valence-electron chi connectivity index (χ4n) is 4.85. The lowest BCUT2D eigenvalue weighted by molar-refractivity contribution is -0.384. The molecule has 2 aliphatic rings. The number of sulfonamides is 1. The van der Waals surface area contributed by atoms with Crippen molar-refractivity contribution in [3.8, 4) is 11.3 Å². The molecule has 9 nitrogen and oxygen atoms in total. The number of likely N-dealkylation sites (tertiary alicyclic amines) is 1. The van der Waals surface area contributed by atoms with E-state index in [1.54, 1.807) is 57.0 Å². The highest BCUT2D eigenvalue weighted by molar-refractivity contribution is 7.91. The zero-order valence-electron chi connectivity index (χ0n) is 18.3. The number of furan rings is 1. The van der Waals surface area contributed by atoms with Crippen LogP contribution in [0.4, 0.5) is 5.69 Å². The van der Waals surface area contributed by atoms with Crippen molar-refractivity contribution in [1.82, 2.24) is 9.21 Å². The molecule has 2 fully saturated rings. The van der Waals surface area contributed by atoms with Crippen molar-refractivity contribution in [2.75, 3.05) is 26.2 Å². The minimum atomic E-state index is -3.46. The van der Waals surface area contributed by atoms with E-state index in [4.69, 9.17) is 4.42 Å². The standard InChI is InChI=1S/C23H23N3O6S2/c27-22(20-8-7-19(32-20)17-4-1-2-5-18(17)26(28)29)24-12-9-23(16-24)10-13-25(14-11-23)34(30,31)21-6-3-15-33-21/h1-8,15H,9-14,16H2. The van der Waals surface area contributed by atoms with Crippen LogP contribution in [-0.2, 0) is 10.0 Å². The first-order valence-electron chi connectivity index (χ1n) is 11.0. The molecule has 11 heteroatoms. The molecular formula is C23H23N3O6S2. The number of piperidine rings is 1. The number of carbonyl (C=O) groups excluding carboxylic acids is 1. The van der Waals surface area contributed by atoms with Crippen molar-refractivity contribution in [1.29, 1.82) is 0 Å². The Morgan fingerprint density at radius 1 is 1.03 bits per heavy atom. The second-order valence-electron chi connectivity index (χ2n) is 8.75. The predicted octanol–water partition coefficient (Wildman–Crippen LogP) is 4.23. The number of nitro groups is 1. The van der Waals surface area contributed by atoms with E-state index in [1.165, 1.54) is 17.4 Å². The number of thiophene rings is 1. The number of carbonyl (C=O) groups is 1. The highest BCUT2D eigenvalue weighted by Gasteiger charge is 2.44. The Bertz CT molecular complexity index is 1320. The minimum absolute atomic E-state index is 0.0831. The number of para-hydroxylation sites is 1. The molecule has 0 aliphatic carbocycles. The summed E-state index contributed by atoms with van der Waals surface area (Å²) in [6.45, 7) is 1.98. The lowest BCUT2D eigenvalue weighted by Crippen LogP contribution is -2.44. The summed E-state index contributed by atoms with van der Waals surface area (Å²) >= 11 is 1.22. The number of nitrogens with zero attached hydrogens (tertiary/aromatic N) is 3. The summed E-state index contributed by atoms with van der Waals surface area (Å²) in [5, 5.41) is 13.1. The normalized spacial score (nSPS) is 18.4. The van der Waals surface area contributed by atoms with Crippen LogP contribution in [0.1, 0.15) is 29.8 Å². The van der Waals surface area contributed by atoms with Gasteiger partial charge in [0.25, 0.3) is 21.6 Å². The summed E-state index contributed by atoms with van der Waals surface area (Å²) in [5.41, 5.74) is 0.133. The third-order valence-electron chi connectivity index (χ3n) is 6.78. The van der Waals surface area contributed by atoms with Crippen molar-refractivity contribution in [2.45, 2.75) is 23.5 Å². The molecule has 1 amide bonds. The molecular weight excluding hydrogens is 478 g/mol. The zero-order valence-corrected chi connectivity index (χ0v) is 19.9. The highest BCUT2D eigenvalue weighted by Crippen LogP contribution is 2.42. The number of benzene rings is 1. The van der Waals surface area contributed by atoms with E-state index in [1.807, 2.05) is 0 Å². The van der Waals surface area contributed by atoms with Crippen molar-refractivity contribution >= 4 is 33.0 Å². The molecule has 2 aromatic heterocycles. The molecule has 2 saturated heterocycles.